The highest BCUT2D eigenvalue weighted by atomic mass is 32.2. The van der Waals surface area contributed by atoms with E-state index in [-0.39, 0.29) is 24.4 Å². The summed E-state index contributed by atoms with van der Waals surface area (Å²) in [7, 11) is -3.37. The molecule has 1 unspecified atom stereocenters. The number of sulfonamides is 1. The molecule has 1 saturated heterocycles. The van der Waals surface area contributed by atoms with Crippen molar-refractivity contribution in [2.24, 2.45) is 0 Å². The summed E-state index contributed by atoms with van der Waals surface area (Å²) in [6.45, 7) is 4.51. The molecule has 1 atom stereocenters. The number of piperazine rings is 1. The van der Waals surface area contributed by atoms with Crippen molar-refractivity contribution in [1.82, 2.24) is 10.2 Å². The highest BCUT2D eigenvalue weighted by Crippen LogP contribution is 2.34. The molecule has 0 aliphatic carbocycles. The number of para-hydroxylation sites is 1. The number of nitrogens with one attached hydrogen (secondary N) is 1. The van der Waals surface area contributed by atoms with Crippen LogP contribution >= 0.6 is 0 Å². The molecule has 1 N–H and O–H groups in total. The fourth-order valence-electron chi connectivity index (χ4n) is 4.47. The quantitative estimate of drug-likeness (QED) is 0.736. The molecule has 2 heterocycles. The molecule has 0 saturated carbocycles. The first-order valence-corrected chi connectivity index (χ1v) is 12.6. The van der Waals surface area contributed by atoms with Gasteiger partial charge in [-0.3, -0.25) is 13.9 Å². The molecule has 2 aromatic carbocycles. The topological polar surface area (TPSA) is 90.0 Å². The van der Waals surface area contributed by atoms with Gasteiger partial charge in [-0.2, -0.15) is 0 Å². The minimum atomic E-state index is -3.37. The molecule has 4 rings (SSSR count). The van der Waals surface area contributed by atoms with Crippen LogP contribution in [0.15, 0.2) is 48.5 Å². The number of amides is 2. The monoisotopic (exact) mass is 456 g/mol. The van der Waals surface area contributed by atoms with E-state index in [2.05, 4.69) is 22.3 Å². The van der Waals surface area contributed by atoms with Gasteiger partial charge in [-0.05, 0) is 49.2 Å². The zero-order valence-corrected chi connectivity index (χ0v) is 19.1. The van der Waals surface area contributed by atoms with Gasteiger partial charge >= 0.3 is 0 Å². The summed E-state index contributed by atoms with van der Waals surface area (Å²) in [6.07, 6.45) is 1.73. The van der Waals surface area contributed by atoms with Crippen LogP contribution in [0.5, 0.6) is 0 Å². The Morgan fingerprint density at radius 3 is 2.38 bits per heavy atom. The lowest BCUT2D eigenvalue weighted by atomic mass is 10.1. The molecule has 9 heteroatoms. The first-order valence-electron chi connectivity index (χ1n) is 10.7. The van der Waals surface area contributed by atoms with Crippen molar-refractivity contribution in [2.75, 3.05) is 48.2 Å². The van der Waals surface area contributed by atoms with Crippen LogP contribution < -0.4 is 14.5 Å². The molecule has 32 heavy (non-hydrogen) atoms. The molecular weight excluding hydrogens is 428 g/mol. The normalized spacial score (nSPS) is 18.4. The molecular formula is C23H28N4O4S. The predicted molar refractivity (Wildman–Crippen MR) is 124 cm³/mol. The molecule has 0 bridgehead atoms. The van der Waals surface area contributed by atoms with Crippen LogP contribution in [0.25, 0.3) is 0 Å². The van der Waals surface area contributed by atoms with Gasteiger partial charge in [0.25, 0.3) is 5.91 Å². The number of anilines is 2. The maximum Gasteiger partial charge on any atom is 0.251 e. The molecule has 8 nitrogen and oxygen atoms in total. The first-order chi connectivity index (χ1) is 15.2. The van der Waals surface area contributed by atoms with Gasteiger partial charge in [0.15, 0.2) is 0 Å². The van der Waals surface area contributed by atoms with E-state index in [1.807, 2.05) is 25.1 Å². The number of hydrogen-bond donors (Lipinski definition) is 1. The van der Waals surface area contributed by atoms with Crippen molar-refractivity contribution in [2.45, 2.75) is 19.4 Å². The Balaban J connectivity index is 1.32. The van der Waals surface area contributed by atoms with Gasteiger partial charge in [0.2, 0.25) is 15.9 Å². The van der Waals surface area contributed by atoms with Crippen molar-refractivity contribution in [3.63, 3.8) is 0 Å². The maximum absolute atomic E-state index is 12.6. The van der Waals surface area contributed by atoms with E-state index < -0.39 is 10.0 Å². The van der Waals surface area contributed by atoms with E-state index in [1.54, 1.807) is 23.1 Å². The van der Waals surface area contributed by atoms with Crippen LogP contribution in [0.2, 0.25) is 0 Å². The average molecular weight is 457 g/mol. The zero-order chi connectivity index (χ0) is 22.9. The summed E-state index contributed by atoms with van der Waals surface area (Å²) >= 11 is 0. The van der Waals surface area contributed by atoms with Crippen molar-refractivity contribution in [1.29, 1.82) is 0 Å². The molecule has 1 fully saturated rings. The van der Waals surface area contributed by atoms with Crippen LogP contribution in [0, 0.1) is 0 Å². The van der Waals surface area contributed by atoms with Gasteiger partial charge in [0.1, 0.15) is 0 Å². The molecule has 0 radical (unpaired) electrons. The summed E-state index contributed by atoms with van der Waals surface area (Å²) < 4.78 is 25.5. The third-order valence-electron chi connectivity index (χ3n) is 6.01. The van der Waals surface area contributed by atoms with Gasteiger partial charge in [-0.1, -0.05) is 18.2 Å². The van der Waals surface area contributed by atoms with Gasteiger partial charge in [0.05, 0.1) is 18.5 Å². The Morgan fingerprint density at radius 2 is 1.72 bits per heavy atom. The number of nitrogens with zero attached hydrogens (tertiary/aromatic N) is 3. The molecule has 170 valence electrons. The smallest absolute Gasteiger partial charge is 0.251 e. The highest BCUT2D eigenvalue weighted by molar-refractivity contribution is 7.92. The van der Waals surface area contributed by atoms with E-state index in [0.717, 1.165) is 24.3 Å². The summed E-state index contributed by atoms with van der Waals surface area (Å²) in [6, 6.07) is 14.9. The number of carbonyl (C=O) groups is 2. The molecule has 0 spiro atoms. The Labute approximate surface area is 188 Å². The lowest BCUT2D eigenvalue weighted by Crippen LogP contribution is -2.51. The molecule has 2 aliphatic rings. The van der Waals surface area contributed by atoms with E-state index in [0.29, 0.717) is 30.8 Å². The standard InChI is InChI=1S/C23H28N4O4S/c1-17-14-19-15-18(8-9-21(19)27(17)32(2,30)31)23(29)24-16-22(28)26-12-10-25(11-13-26)20-6-4-3-5-7-20/h3-9,15,17H,10-14,16H2,1-2H3,(H,24,29). The summed E-state index contributed by atoms with van der Waals surface area (Å²) in [4.78, 5) is 29.2. The Kier molecular flexibility index (Phi) is 6.10. The third-order valence-corrected chi connectivity index (χ3v) is 7.28. The predicted octanol–water partition coefficient (Wildman–Crippen LogP) is 1.48. The van der Waals surface area contributed by atoms with Gasteiger partial charge in [-0.15, -0.1) is 0 Å². The van der Waals surface area contributed by atoms with Crippen molar-refractivity contribution in [3.05, 3.63) is 59.7 Å². The van der Waals surface area contributed by atoms with E-state index in [4.69, 9.17) is 0 Å². The van der Waals surface area contributed by atoms with Crippen LogP contribution in [0.3, 0.4) is 0 Å². The molecule has 2 aromatic rings. The number of fused-ring (bicyclic) bond motifs is 1. The fourth-order valence-corrected chi connectivity index (χ4v) is 5.74. The minimum Gasteiger partial charge on any atom is -0.368 e. The van der Waals surface area contributed by atoms with Crippen LogP contribution in [0.1, 0.15) is 22.8 Å². The van der Waals surface area contributed by atoms with Crippen LogP contribution in [-0.4, -0.2) is 70.2 Å². The maximum atomic E-state index is 12.6. The second kappa shape index (κ2) is 8.82. The number of carbonyl (C=O) groups excluding carboxylic acids is 2. The van der Waals surface area contributed by atoms with Crippen molar-refractivity contribution < 1.29 is 18.0 Å². The molecule has 2 aliphatic heterocycles. The summed E-state index contributed by atoms with van der Waals surface area (Å²) in [5.74, 6) is -0.446. The van der Waals surface area contributed by atoms with Crippen LogP contribution in [0.4, 0.5) is 11.4 Å². The first kappa shape index (κ1) is 22.1. The Morgan fingerprint density at radius 1 is 1.03 bits per heavy atom. The third kappa shape index (κ3) is 4.57. The fraction of sp³-hybridized carbons (Fsp3) is 0.391. The largest absolute Gasteiger partial charge is 0.368 e. The lowest BCUT2D eigenvalue weighted by molar-refractivity contribution is -0.130. The van der Waals surface area contributed by atoms with E-state index in [9.17, 15) is 18.0 Å². The summed E-state index contributed by atoms with van der Waals surface area (Å²) in [5.41, 5.74) is 3.00. The minimum absolute atomic E-state index is 0.0624. The second-order valence-electron chi connectivity index (χ2n) is 8.34. The molecule has 2 amide bonds. The highest BCUT2D eigenvalue weighted by Gasteiger charge is 2.33. The number of hydrogen-bond acceptors (Lipinski definition) is 5. The number of benzene rings is 2. The Bertz CT molecular complexity index is 1110. The van der Waals surface area contributed by atoms with Gasteiger partial charge in [-0.25, -0.2) is 8.42 Å². The summed E-state index contributed by atoms with van der Waals surface area (Å²) in [5, 5.41) is 2.71. The average Bonchev–Trinajstić information content (AvgIpc) is 3.13. The van der Waals surface area contributed by atoms with Gasteiger partial charge < -0.3 is 15.1 Å². The van der Waals surface area contributed by atoms with Crippen molar-refractivity contribution >= 4 is 33.2 Å². The SMILES string of the molecule is CC1Cc2cc(C(=O)NCC(=O)N3CCN(c4ccccc4)CC3)ccc2N1S(C)(=O)=O. The van der Waals surface area contributed by atoms with Crippen LogP contribution in [-0.2, 0) is 21.2 Å². The Hall–Kier alpha value is -3.07. The van der Waals surface area contributed by atoms with Gasteiger partial charge in [0, 0.05) is 43.5 Å². The van der Waals surface area contributed by atoms with E-state index in [1.165, 1.54) is 10.6 Å². The second-order valence-corrected chi connectivity index (χ2v) is 10.2. The molecule has 0 aromatic heterocycles. The zero-order valence-electron chi connectivity index (χ0n) is 18.3. The van der Waals surface area contributed by atoms with Crippen molar-refractivity contribution in [3.8, 4) is 0 Å². The lowest BCUT2D eigenvalue weighted by Gasteiger charge is -2.36. The van der Waals surface area contributed by atoms with E-state index >= 15 is 0 Å². The number of rotatable bonds is 5.